The molecule has 4 aromatic heterocycles. The summed E-state index contributed by atoms with van der Waals surface area (Å²) in [6.07, 6.45) is 1.76. The molecule has 0 saturated carbocycles. The summed E-state index contributed by atoms with van der Waals surface area (Å²) in [5.41, 5.74) is 1.77. The number of thiophene rings is 1. The first-order valence-electron chi connectivity index (χ1n) is 7.49. The van der Waals surface area contributed by atoms with Crippen molar-refractivity contribution in [3.63, 3.8) is 0 Å². The molecule has 0 aliphatic heterocycles. The van der Waals surface area contributed by atoms with Gasteiger partial charge in [-0.1, -0.05) is 6.07 Å². The summed E-state index contributed by atoms with van der Waals surface area (Å²) in [6, 6.07) is 8.07. The van der Waals surface area contributed by atoms with Crippen molar-refractivity contribution in [2.24, 2.45) is 0 Å². The van der Waals surface area contributed by atoms with E-state index in [1.54, 1.807) is 28.9 Å². The summed E-state index contributed by atoms with van der Waals surface area (Å²) in [4.78, 5) is 21.4. The Morgan fingerprint density at radius 1 is 1.08 bits per heavy atom. The molecular formula is C17H15N5S2. The Labute approximate surface area is 147 Å². The molecule has 0 bridgehead atoms. The average molecular weight is 353 g/mol. The largest absolute Gasteiger partial charge is 0.353 e. The molecule has 4 heterocycles. The number of thiazole rings is 1. The Morgan fingerprint density at radius 2 is 2.00 bits per heavy atom. The molecule has 4 aromatic rings. The molecule has 0 fully saturated rings. The first-order valence-corrected chi connectivity index (χ1v) is 9.25. The van der Waals surface area contributed by atoms with Crippen molar-refractivity contribution in [3.8, 4) is 9.88 Å². The zero-order valence-corrected chi connectivity index (χ0v) is 14.9. The zero-order valence-electron chi connectivity index (χ0n) is 13.3. The molecule has 0 aromatic carbocycles. The van der Waals surface area contributed by atoms with Gasteiger partial charge in [-0.3, -0.25) is 0 Å². The van der Waals surface area contributed by atoms with Crippen LogP contribution in [-0.4, -0.2) is 27.0 Å². The lowest BCUT2D eigenvalue weighted by Gasteiger charge is -2.18. The number of fused-ring (bicyclic) bond motifs is 1. The highest BCUT2D eigenvalue weighted by Gasteiger charge is 2.13. The fourth-order valence-electron chi connectivity index (χ4n) is 2.55. The van der Waals surface area contributed by atoms with E-state index in [1.165, 1.54) is 4.88 Å². The highest BCUT2D eigenvalue weighted by Crippen LogP contribution is 2.29. The Morgan fingerprint density at radius 3 is 2.83 bits per heavy atom. The van der Waals surface area contributed by atoms with Gasteiger partial charge in [-0.15, -0.1) is 22.7 Å². The maximum atomic E-state index is 4.75. The van der Waals surface area contributed by atoms with Crippen LogP contribution in [0.25, 0.3) is 20.9 Å². The quantitative estimate of drug-likeness (QED) is 0.551. The molecule has 5 nitrogen and oxygen atoms in total. The number of nitrogens with zero attached hydrogens (tertiary/aromatic N) is 5. The van der Waals surface area contributed by atoms with Crippen molar-refractivity contribution >= 4 is 39.5 Å². The van der Waals surface area contributed by atoms with E-state index >= 15 is 0 Å². The van der Waals surface area contributed by atoms with Crippen molar-refractivity contribution in [2.75, 3.05) is 11.9 Å². The molecule has 0 N–H and O–H groups in total. The molecule has 7 heteroatoms. The van der Waals surface area contributed by atoms with E-state index in [2.05, 4.69) is 42.7 Å². The molecule has 0 aliphatic rings. The van der Waals surface area contributed by atoms with E-state index in [1.807, 2.05) is 26.1 Å². The molecule has 0 atom stereocenters. The third-order valence-electron chi connectivity index (χ3n) is 3.61. The standard InChI is InChI=1S/C17H15N5S2/c1-11-19-15-13(5-3-7-18-15)16(20-11)22(2)9-12-10-24-17(21-12)14-6-4-8-23-14/h3-8,10H,9H2,1-2H3. The smallest absolute Gasteiger partial charge is 0.164 e. The van der Waals surface area contributed by atoms with E-state index in [4.69, 9.17) is 4.98 Å². The minimum absolute atomic E-state index is 0.697. The van der Waals surface area contributed by atoms with Crippen LogP contribution in [0, 0.1) is 6.92 Å². The average Bonchev–Trinajstić information content (AvgIpc) is 3.25. The molecule has 4 rings (SSSR count). The summed E-state index contributed by atoms with van der Waals surface area (Å²) in [7, 11) is 2.03. The second kappa shape index (κ2) is 6.26. The summed E-state index contributed by atoms with van der Waals surface area (Å²) in [6.45, 7) is 2.59. The topological polar surface area (TPSA) is 54.8 Å². The van der Waals surface area contributed by atoms with Gasteiger partial charge >= 0.3 is 0 Å². The molecule has 120 valence electrons. The summed E-state index contributed by atoms with van der Waals surface area (Å²) in [5, 5.41) is 6.21. The first-order chi connectivity index (χ1) is 11.7. The van der Waals surface area contributed by atoms with Crippen LogP contribution in [-0.2, 0) is 6.54 Å². The van der Waals surface area contributed by atoms with E-state index in [0.717, 1.165) is 33.4 Å². The Kier molecular flexibility index (Phi) is 3.95. The van der Waals surface area contributed by atoms with E-state index in [-0.39, 0.29) is 0 Å². The molecule has 0 radical (unpaired) electrons. The van der Waals surface area contributed by atoms with Crippen LogP contribution in [0.5, 0.6) is 0 Å². The predicted molar refractivity (Wildman–Crippen MR) is 99.6 cm³/mol. The minimum Gasteiger partial charge on any atom is -0.353 e. The number of hydrogen-bond acceptors (Lipinski definition) is 7. The lowest BCUT2D eigenvalue weighted by Crippen LogP contribution is -2.19. The van der Waals surface area contributed by atoms with Gasteiger partial charge in [0.2, 0.25) is 0 Å². The van der Waals surface area contributed by atoms with Crippen molar-refractivity contribution in [1.82, 2.24) is 19.9 Å². The van der Waals surface area contributed by atoms with Crippen LogP contribution in [0.3, 0.4) is 0 Å². The van der Waals surface area contributed by atoms with Crippen LogP contribution in [0.1, 0.15) is 11.5 Å². The third-order valence-corrected chi connectivity index (χ3v) is 5.54. The molecule has 0 saturated heterocycles. The Balaban J connectivity index is 1.64. The highest BCUT2D eigenvalue weighted by molar-refractivity contribution is 7.20. The number of aromatic nitrogens is 4. The van der Waals surface area contributed by atoms with Gasteiger partial charge in [0.1, 0.15) is 16.6 Å². The van der Waals surface area contributed by atoms with Gasteiger partial charge in [0.05, 0.1) is 22.5 Å². The monoisotopic (exact) mass is 353 g/mol. The van der Waals surface area contributed by atoms with Crippen molar-refractivity contribution < 1.29 is 0 Å². The van der Waals surface area contributed by atoms with Crippen molar-refractivity contribution in [3.05, 3.63) is 52.7 Å². The lowest BCUT2D eigenvalue weighted by molar-refractivity contribution is 0.869. The van der Waals surface area contributed by atoms with Gasteiger partial charge in [-0.25, -0.2) is 19.9 Å². The predicted octanol–water partition coefficient (Wildman–Crippen LogP) is 4.15. The fourth-order valence-corrected chi connectivity index (χ4v) is 4.18. The minimum atomic E-state index is 0.697. The molecule has 0 amide bonds. The Bertz CT molecular complexity index is 978. The maximum Gasteiger partial charge on any atom is 0.164 e. The van der Waals surface area contributed by atoms with Crippen LogP contribution in [0.15, 0.2) is 41.2 Å². The van der Waals surface area contributed by atoms with Gasteiger partial charge in [0, 0.05) is 18.6 Å². The number of pyridine rings is 1. The van der Waals surface area contributed by atoms with E-state index in [9.17, 15) is 0 Å². The number of aryl methyl sites for hydroxylation is 1. The summed E-state index contributed by atoms with van der Waals surface area (Å²) in [5.74, 6) is 1.61. The van der Waals surface area contributed by atoms with Crippen LogP contribution in [0.4, 0.5) is 5.82 Å². The molecule has 24 heavy (non-hydrogen) atoms. The van der Waals surface area contributed by atoms with Crippen LogP contribution >= 0.6 is 22.7 Å². The number of hydrogen-bond donors (Lipinski definition) is 0. The highest BCUT2D eigenvalue weighted by atomic mass is 32.1. The normalized spacial score (nSPS) is 11.1. The van der Waals surface area contributed by atoms with Crippen molar-refractivity contribution in [2.45, 2.75) is 13.5 Å². The lowest BCUT2D eigenvalue weighted by atomic mass is 10.3. The second-order valence-corrected chi connectivity index (χ2v) is 7.25. The fraction of sp³-hybridized carbons (Fsp3) is 0.176. The van der Waals surface area contributed by atoms with Crippen molar-refractivity contribution in [1.29, 1.82) is 0 Å². The third kappa shape index (κ3) is 2.88. The van der Waals surface area contributed by atoms with Gasteiger partial charge in [-0.05, 0) is 30.5 Å². The van der Waals surface area contributed by atoms with Gasteiger partial charge < -0.3 is 4.90 Å². The van der Waals surface area contributed by atoms with Gasteiger partial charge in [0.25, 0.3) is 0 Å². The number of anilines is 1. The van der Waals surface area contributed by atoms with E-state index in [0.29, 0.717) is 6.54 Å². The zero-order chi connectivity index (χ0) is 16.5. The molecule has 0 aliphatic carbocycles. The van der Waals surface area contributed by atoms with Gasteiger partial charge in [-0.2, -0.15) is 0 Å². The van der Waals surface area contributed by atoms with Crippen LogP contribution < -0.4 is 4.90 Å². The first kappa shape index (κ1) is 15.2. The maximum absolute atomic E-state index is 4.75. The molecule has 0 unspecified atom stereocenters. The molecule has 0 spiro atoms. The van der Waals surface area contributed by atoms with Gasteiger partial charge in [0.15, 0.2) is 5.65 Å². The second-order valence-electron chi connectivity index (χ2n) is 5.45. The SMILES string of the molecule is Cc1nc(N(C)Cc2csc(-c3cccs3)n2)c2cccnc2n1. The summed E-state index contributed by atoms with van der Waals surface area (Å²) >= 11 is 3.39. The van der Waals surface area contributed by atoms with Crippen LogP contribution in [0.2, 0.25) is 0 Å². The number of rotatable bonds is 4. The summed E-state index contributed by atoms with van der Waals surface area (Å²) < 4.78 is 0. The van der Waals surface area contributed by atoms with E-state index < -0.39 is 0 Å². The molecular weight excluding hydrogens is 338 g/mol. The Hall–Kier alpha value is -2.38.